The van der Waals surface area contributed by atoms with Gasteiger partial charge in [-0.1, -0.05) is 69.6 Å². The van der Waals surface area contributed by atoms with Crippen LogP contribution in [0.3, 0.4) is 0 Å². The Bertz CT molecular complexity index is 337. The van der Waals surface area contributed by atoms with Gasteiger partial charge < -0.3 is 14.2 Å². The monoisotopic (exact) mass is 424 g/mol. The number of alkyl halides is 6. The maximum atomic E-state index is 11.2. The Morgan fingerprint density at radius 3 is 1.29 bits per heavy atom. The van der Waals surface area contributed by atoms with E-state index in [4.69, 9.17) is 74.3 Å². The first-order valence-electron chi connectivity index (χ1n) is 4.89. The summed E-state index contributed by atoms with van der Waals surface area (Å²) in [5, 5.41) is 4.11. The first-order chi connectivity index (χ1) is 9.41. The Balaban J connectivity index is 5.12. The van der Waals surface area contributed by atoms with Crippen LogP contribution in [0.4, 0.5) is 9.59 Å². The summed E-state index contributed by atoms with van der Waals surface area (Å²) in [6.45, 7) is 0. The lowest BCUT2D eigenvalue weighted by Crippen LogP contribution is -2.54. The highest BCUT2D eigenvalue weighted by molar-refractivity contribution is 6.68. The van der Waals surface area contributed by atoms with E-state index in [9.17, 15) is 9.59 Å². The molecule has 0 aliphatic heterocycles. The van der Waals surface area contributed by atoms with Gasteiger partial charge in [-0.25, -0.2) is 9.59 Å². The zero-order valence-electron chi connectivity index (χ0n) is 10.5. The van der Waals surface area contributed by atoms with E-state index >= 15 is 0 Å². The van der Waals surface area contributed by atoms with Crippen molar-refractivity contribution in [1.82, 2.24) is 10.6 Å². The van der Waals surface area contributed by atoms with Gasteiger partial charge in [0.2, 0.25) is 7.59 Å². The molecule has 2 amide bonds. The van der Waals surface area contributed by atoms with Crippen LogP contribution in [0.1, 0.15) is 0 Å². The molecule has 2 atom stereocenters. The zero-order chi connectivity index (χ0) is 16.8. The van der Waals surface area contributed by atoms with Crippen molar-refractivity contribution in [1.29, 1.82) is 0 Å². The van der Waals surface area contributed by atoms with Crippen molar-refractivity contribution in [2.45, 2.75) is 20.0 Å². The van der Waals surface area contributed by atoms with Gasteiger partial charge in [0.25, 0.3) is 0 Å². The van der Waals surface area contributed by atoms with Crippen molar-refractivity contribution >= 4 is 81.8 Å². The van der Waals surface area contributed by atoms with Crippen molar-refractivity contribution in [2.24, 2.45) is 0 Å². The summed E-state index contributed by atoms with van der Waals surface area (Å²) in [6, 6.07) is 0. The molecule has 0 heterocycles. The lowest BCUT2D eigenvalue weighted by Gasteiger charge is -2.32. The van der Waals surface area contributed by atoms with Crippen LogP contribution in [0.5, 0.6) is 0 Å². The zero-order valence-corrected chi connectivity index (χ0v) is 15.0. The molecule has 0 aromatic heterocycles. The highest BCUT2D eigenvalue weighted by atomic mass is 35.6. The Morgan fingerprint density at radius 1 is 0.810 bits per heavy atom. The maximum absolute atomic E-state index is 11.2. The standard InChI is InChI=1S/C8H10Cl6N2O5/c1-19-5(17)15-3(7(9,10)11)21-4(8(12,13)14)16-6(18)20-2/h3-4H,1-2H3,(H,15,17)(H,16,18)/t3-,4+. The molecule has 0 bridgehead atoms. The number of methoxy groups -OCH3 is 2. The van der Waals surface area contributed by atoms with E-state index in [2.05, 4.69) is 20.1 Å². The Kier molecular flexibility index (Phi) is 8.86. The van der Waals surface area contributed by atoms with Crippen molar-refractivity contribution < 1.29 is 23.8 Å². The van der Waals surface area contributed by atoms with Gasteiger partial charge in [-0.15, -0.1) is 0 Å². The molecule has 2 N–H and O–H groups in total. The minimum Gasteiger partial charge on any atom is -0.453 e. The van der Waals surface area contributed by atoms with E-state index in [0.717, 1.165) is 14.2 Å². The van der Waals surface area contributed by atoms with E-state index in [1.807, 2.05) is 0 Å². The van der Waals surface area contributed by atoms with E-state index in [1.165, 1.54) is 0 Å². The van der Waals surface area contributed by atoms with Gasteiger partial charge in [-0.3, -0.25) is 10.6 Å². The number of rotatable bonds is 4. The van der Waals surface area contributed by atoms with Crippen molar-refractivity contribution in [3.8, 4) is 0 Å². The number of nitrogens with one attached hydrogen (secondary N) is 2. The van der Waals surface area contributed by atoms with Crippen LogP contribution in [0.2, 0.25) is 0 Å². The Hall–Kier alpha value is 0.240. The van der Waals surface area contributed by atoms with Gasteiger partial charge in [-0.2, -0.15) is 0 Å². The highest BCUT2D eigenvalue weighted by Crippen LogP contribution is 2.36. The molecular weight excluding hydrogens is 417 g/mol. The normalized spacial score (nSPS) is 14.9. The molecule has 0 saturated carbocycles. The van der Waals surface area contributed by atoms with Crippen LogP contribution in [-0.4, -0.2) is 46.4 Å². The summed E-state index contributed by atoms with van der Waals surface area (Å²) >= 11 is 33.8. The maximum Gasteiger partial charge on any atom is 0.409 e. The summed E-state index contributed by atoms with van der Waals surface area (Å²) in [4.78, 5) is 22.4. The lowest BCUT2D eigenvalue weighted by atomic mass is 10.5. The first kappa shape index (κ1) is 21.2. The van der Waals surface area contributed by atoms with Crippen molar-refractivity contribution in [3.63, 3.8) is 0 Å². The Morgan fingerprint density at radius 2 is 1.10 bits per heavy atom. The number of amides is 2. The molecular formula is C8H10Cl6N2O5. The third-order valence-electron chi connectivity index (χ3n) is 1.74. The summed E-state index contributed by atoms with van der Waals surface area (Å²) in [6.07, 6.45) is -5.17. The highest BCUT2D eigenvalue weighted by Gasteiger charge is 2.43. The molecule has 0 aromatic carbocycles. The number of alkyl carbamates (subject to hydrolysis) is 2. The molecule has 0 unspecified atom stereocenters. The molecule has 7 nitrogen and oxygen atoms in total. The third-order valence-corrected chi connectivity index (χ3v) is 2.92. The van der Waals surface area contributed by atoms with Crippen LogP contribution >= 0.6 is 69.6 Å². The third kappa shape index (κ3) is 8.44. The number of hydrogen-bond donors (Lipinski definition) is 2. The molecule has 0 radical (unpaired) electrons. The molecule has 0 saturated heterocycles. The van der Waals surface area contributed by atoms with E-state index in [-0.39, 0.29) is 0 Å². The van der Waals surface area contributed by atoms with Gasteiger partial charge in [0.1, 0.15) is 0 Å². The van der Waals surface area contributed by atoms with Crippen molar-refractivity contribution in [2.75, 3.05) is 14.2 Å². The molecule has 21 heavy (non-hydrogen) atoms. The summed E-state index contributed by atoms with van der Waals surface area (Å²) in [5.41, 5.74) is 0. The van der Waals surface area contributed by atoms with Crippen LogP contribution in [0, 0.1) is 0 Å². The first-order valence-corrected chi connectivity index (χ1v) is 7.16. The summed E-state index contributed by atoms with van der Waals surface area (Å²) < 4.78 is 9.46. The minimum absolute atomic E-state index is 0.979. The molecule has 13 heteroatoms. The number of ether oxygens (including phenoxy) is 3. The Labute approximate surface area is 150 Å². The second-order valence-electron chi connectivity index (χ2n) is 3.25. The number of carbonyl (C=O) groups excluding carboxylic acids is 2. The molecule has 0 rings (SSSR count). The molecule has 0 fully saturated rings. The predicted molar refractivity (Wildman–Crippen MR) is 80.3 cm³/mol. The number of carbonyl (C=O) groups is 2. The predicted octanol–water partition coefficient (Wildman–Crippen LogP) is 3.11. The topological polar surface area (TPSA) is 85.9 Å². The lowest BCUT2D eigenvalue weighted by molar-refractivity contribution is -0.0376. The summed E-state index contributed by atoms with van der Waals surface area (Å²) in [7, 11) is 2.15. The van der Waals surface area contributed by atoms with Gasteiger partial charge in [0.05, 0.1) is 14.2 Å². The van der Waals surface area contributed by atoms with Crippen molar-refractivity contribution in [3.05, 3.63) is 0 Å². The molecule has 0 aliphatic rings. The second-order valence-corrected chi connectivity index (χ2v) is 7.99. The SMILES string of the molecule is COC(=O)N[C@H](O[C@H](NC(=O)OC)C(Cl)(Cl)Cl)C(Cl)(Cl)Cl. The fourth-order valence-corrected chi connectivity index (χ4v) is 1.49. The largest absolute Gasteiger partial charge is 0.453 e. The van der Waals surface area contributed by atoms with Crippen LogP contribution < -0.4 is 10.6 Å². The molecule has 0 spiro atoms. The second kappa shape index (κ2) is 8.76. The molecule has 0 aromatic rings. The van der Waals surface area contributed by atoms with Gasteiger partial charge in [0, 0.05) is 0 Å². The number of halogens is 6. The summed E-state index contributed by atoms with van der Waals surface area (Å²) in [5.74, 6) is 0. The number of hydrogen-bond acceptors (Lipinski definition) is 5. The average Bonchev–Trinajstić information content (AvgIpc) is 2.33. The average molecular weight is 427 g/mol. The smallest absolute Gasteiger partial charge is 0.409 e. The van der Waals surface area contributed by atoms with Crippen LogP contribution in [-0.2, 0) is 14.2 Å². The van der Waals surface area contributed by atoms with Crippen LogP contribution in [0.25, 0.3) is 0 Å². The van der Waals surface area contributed by atoms with Gasteiger partial charge in [-0.05, 0) is 0 Å². The molecule has 0 aliphatic carbocycles. The minimum atomic E-state index is -2.15. The van der Waals surface area contributed by atoms with Crippen LogP contribution in [0.15, 0.2) is 0 Å². The molecule has 124 valence electrons. The fraction of sp³-hybridized carbons (Fsp3) is 0.750. The fourth-order valence-electron chi connectivity index (χ4n) is 0.854. The van der Waals surface area contributed by atoms with E-state index in [0.29, 0.717) is 0 Å². The van der Waals surface area contributed by atoms with E-state index < -0.39 is 32.2 Å². The van der Waals surface area contributed by atoms with E-state index in [1.54, 1.807) is 0 Å². The van der Waals surface area contributed by atoms with Gasteiger partial charge in [0.15, 0.2) is 12.5 Å². The quantitative estimate of drug-likeness (QED) is 0.533. The van der Waals surface area contributed by atoms with Gasteiger partial charge >= 0.3 is 12.2 Å².